The molecule has 2 rings (SSSR count). The van der Waals surface area contributed by atoms with Crippen LogP contribution >= 0.6 is 11.8 Å². The summed E-state index contributed by atoms with van der Waals surface area (Å²) in [5.41, 5.74) is 1.94. The van der Waals surface area contributed by atoms with Crippen molar-refractivity contribution in [3.8, 4) is 23.3 Å². The Balaban J connectivity index is 2.30. The third-order valence-corrected chi connectivity index (χ3v) is 3.63. The maximum absolute atomic E-state index is 5.24. The molecule has 0 radical (unpaired) electrons. The zero-order chi connectivity index (χ0) is 14.4. The predicted molar refractivity (Wildman–Crippen MR) is 83.7 cm³/mol. The van der Waals surface area contributed by atoms with Crippen LogP contribution < -0.4 is 9.47 Å². The van der Waals surface area contributed by atoms with Crippen molar-refractivity contribution in [2.75, 3.05) is 20.5 Å². The van der Waals surface area contributed by atoms with Crippen molar-refractivity contribution >= 4 is 11.8 Å². The van der Waals surface area contributed by atoms with Crippen LogP contribution in [0.2, 0.25) is 0 Å². The Morgan fingerprint density at radius 1 is 0.850 bits per heavy atom. The van der Waals surface area contributed by atoms with Crippen molar-refractivity contribution in [3.05, 3.63) is 53.6 Å². The van der Waals surface area contributed by atoms with Crippen LogP contribution in [0.3, 0.4) is 0 Å². The summed E-state index contributed by atoms with van der Waals surface area (Å²) < 4.78 is 10.4. The van der Waals surface area contributed by atoms with Crippen molar-refractivity contribution in [2.24, 2.45) is 0 Å². The molecule has 0 N–H and O–H groups in total. The van der Waals surface area contributed by atoms with E-state index < -0.39 is 0 Å². The summed E-state index contributed by atoms with van der Waals surface area (Å²) in [5.74, 6) is 8.02. The molecule has 0 fully saturated rings. The van der Waals surface area contributed by atoms with E-state index in [1.807, 2.05) is 48.7 Å². The number of ether oxygens (including phenoxy) is 2. The SMILES string of the molecule is COc1ccc(C#Cc2cc(OC)ccc2SC)cc1. The predicted octanol–water partition coefficient (Wildman–Crippen LogP) is 3.83. The second kappa shape index (κ2) is 6.93. The van der Waals surface area contributed by atoms with E-state index >= 15 is 0 Å². The van der Waals surface area contributed by atoms with Crippen LogP contribution in [0.15, 0.2) is 47.4 Å². The second-order valence-corrected chi connectivity index (χ2v) is 4.89. The zero-order valence-corrected chi connectivity index (χ0v) is 12.6. The smallest absolute Gasteiger partial charge is 0.120 e. The molecule has 0 spiro atoms. The highest BCUT2D eigenvalue weighted by atomic mass is 32.2. The topological polar surface area (TPSA) is 18.5 Å². The average molecular weight is 284 g/mol. The van der Waals surface area contributed by atoms with E-state index in [-0.39, 0.29) is 0 Å². The number of methoxy groups -OCH3 is 2. The third-order valence-electron chi connectivity index (χ3n) is 2.84. The van der Waals surface area contributed by atoms with Crippen molar-refractivity contribution in [3.63, 3.8) is 0 Å². The molecule has 0 heterocycles. The quantitative estimate of drug-likeness (QED) is 0.630. The van der Waals surface area contributed by atoms with E-state index in [1.165, 1.54) is 0 Å². The summed E-state index contributed by atoms with van der Waals surface area (Å²) >= 11 is 1.68. The highest BCUT2D eigenvalue weighted by Crippen LogP contribution is 2.24. The summed E-state index contributed by atoms with van der Waals surface area (Å²) in [4.78, 5) is 1.15. The van der Waals surface area contributed by atoms with Crippen LogP contribution in [-0.4, -0.2) is 20.5 Å². The summed E-state index contributed by atoms with van der Waals surface area (Å²) in [6, 6.07) is 13.7. The molecule has 0 aliphatic heterocycles. The zero-order valence-electron chi connectivity index (χ0n) is 11.8. The Labute approximate surface area is 124 Å². The molecule has 0 aliphatic carbocycles. The van der Waals surface area contributed by atoms with Crippen molar-refractivity contribution in [2.45, 2.75) is 4.90 Å². The van der Waals surface area contributed by atoms with E-state index in [0.29, 0.717) is 0 Å². The van der Waals surface area contributed by atoms with Gasteiger partial charge in [-0.25, -0.2) is 0 Å². The Morgan fingerprint density at radius 3 is 2.10 bits per heavy atom. The molecule has 20 heavy (non-hydrogen) atoms. The molecular weight excluding hydrogens is 268 g/mol. The van der Waals surface area contributed by atoms with Gasteiger partial charge in [0.25, 0.3) is 0 Å². The molecule has 0 aromatic heterocycles. The van der Waals surface area contributed by atoms with Gasteiger partial charge >= 0.3 is 0 Å². The molecule has 0 atom stereocenters. The van der Waals surface area contributed by atoms with E-state index in [4.69, 9.17) is 9.47 Å². The standard InChI is InChI=1S/C17H16O2S/c1-18-15-8-5-13(6-9-15)4-7-14-12-16(19-2)10-11-17(14)20-3/h5-6,8-12H,1-3H3. The van der Waals surface area contributed by atoms with Gasteiger partial charge in [-0.2, -0.15) is 0 Å². The minimum atomic E-state index is 0.821. The molecule has 102 valence electrons. The van der Waals surface area contributed by atoms with E-state index in [9.17, 15) is 0 Å². The van der Waals surface area contributed by atoms with Crippen LogP contribution in [-0.2, 0) is 0 Å². The number of benzene rings is 2. The van der Waals surface area contributed by atoms with Crippen LogP contribution in [0.5, 0.6) is 11.5 Å². The lowest BCUT2D eigenvalue weighted by Crippen LogP contribution is -1.86. The molecule has 2 nitrogen and oxygen atoms in total. The summed E-state index contributed by atoms with van der Waals surface area (Å²) in [5, 5.41) is 0. The van der Waals surface area contributed by atoms with Gasteiger partial charge in [0, 0.05) is 16.0 Å². The van der Waals surface area contributed by atoms with Crippen molar-refractivity contribution < 1.29 is 9.47 Å². The van der Waals surface area contributed by atoms with Gasteiger partial charge in [0.15, 0.2) is 0 Å². The molecule has 0 bridgehead atoms. The third kappa shape index (κ3) is 3.49. The maximum atomic E-state index is 5.24. The first-order valence-corrected chi connectivity index (χ1v) is 7.37. The Morgan fingerprint density at radius 2 is 1.50 bits per heavy atom. The van der Waals surface area contributed by atoms with Gasteiger partial charge in [0.2, 0.25) is 0 Å². The van der Waals surface area contributed by atoms with Gasteiger partial charge in [-0.3, -0.25) is 0 Å². The molecule has 0 saturated carbocycles. The molecule has 0 amide bonds. The fourth-order valence-corrected chi connectivity index (χ4v) is 2.26. The summed E-state index contributed by atoms with van der Waals surface area (Å²) in [7, 11) is 3.32. The first kappa shape index (κ1) is 14.4. The normalized spacial score (nSPS) is 9.55. The molecule has 0 saturated heterocycles. The molecule has 2 aromatic carbocycles. The van der Waals surface area contributed by atoms with Gasteiger partial charge in [-0.05, 0) is 48.7 Å². The highest BCUT2D eigenvalue weighted by molar-refractivity contribution is 7.98. The van der Waals surface area contributed by atoms with Gasteiger partial charge in [-0.1, -0.05) is 11.8 Å². The summed E-state index contributed by atoms with van der Waals surface area (Å²) in [6.45, 7) is 0. The van der Waals surface area contributed by atoms with Crippen molar-refractivity contribution in [1.82, 2.24) is 0 Å². The summed E-state index contributed by atoms with van der Waals surface area (Å²) in [6.07, 6.45) is 2.04. The Bertz CT molecular complexity index is 636. The van der Waals surface area contributed by atoms with Gasteiger partial charge in [-0.15, -0.1) is 11.8 Å². The van der Waals surface area contributed by atoms with E-state index in [1.54, 1.807) is 26.0 Å². The van der Waals surface area contributed by atoms with Crippen LogP contribution in [0.1, 0.15) is 11.1 Å². The molecule has 0 aliphatic rings. The van der Waals surface area contributed by atoms with E-state index in [2.05, 4.69) is 11.8 Å². The largest absolute Gasteiger partial charge is 0.497 e. The Hall–Kier alpha value is -2.05. The van der Waals surface area contributed by atoms with Gasteiger partial charge < -0.3 is 9.47 Å². The van der Waals surface area contributed by atoms with E-state index in [0.717, 1.165) is 27.5 Å². The molecule has 2 aromatic rings. The fraction of sp³-hybridized carbons (Fsp3) is 0.176. The average Bonchev–Trinajstić information content (AvgIpc) is 2.53. The lowest BCUT2D eigenvalue weighted by molar-refractivity contribution is 0.414. The number of hydrogen-bond acceptors (Lipinski definition) is 3. The van der Waals surface area contributed by atoms with Crippen LogP contribution in [0.4, 0.5) is 0 Å². The first-order chi connectivity index (χ1) is 9.76. The van der Waals surface area contributed by atoms with Crippen molar-refractivity contribution in [1.29, 1.82) is 0 Å². The maximum Gasteiger partial charge on any atom is 0.120 e. The lowest BCUT2D eigenvalue weighted by Gasteiger charge is -2.04. The number of rotatable bonds is 3. The minimum absolute atomic E-state index is 0.821. The molecule has 0 unspecified atom stereocenters. The second-order valence-electron chi connectivity index (χ2n) is 4.04. The van der Waals surface area contributed by atoms with Gasteiger partial charge in [0.05, 0.1) is 14.2 Å². The van der Waals surface area contributed by atoms with Crippen LogP contribution in [0, 0.1) is 11.8 Å². The number of hydrogen-bond donors (Lipinski definition) is 0. The lowest BCUT2D eigenvalue weighted by atomic mass is 10.1. The van der Waals surface area contributed by atoms with Crippen LogP contribution in [0.25, 0.3) is 0 Å². The first-order valence-electron chi connectivity index (χ1n) is 6.15. The molecular formula is C17H16O2S. The highest BCUT2D eigenvalue weighted by Gasteiger charge is 2.01. The number of thioether (sulfide) groups is 1. The molecule has 3 heteroatoms. The minimum Gasteiger partial charge on any atom is -0.497 e. The Kier molecular flexibility index (Phi) is 4.97. The fourth-order valence-electron chi connectivity index (χ4n) is 1.73. The van der Waals surface area contributed by atoms with Gasteiger partial charge in [0.1, 0.15) is 11.5 Å². The monoisotopic (exact) mass is 284 g/mol.